The van der Waals surface area contributed by atoms with Crippen LogP contribution < -0.4 is 9.47 Å². The van der Waals surface area contributed by atoms with E-state index in [1.165, 1.54) is 7.11 Å². The molecule has 4 nitrogen and oxygen atoms in total. The van der Waals surface area contributed by atoms with Gasteiger partial charge >= 0.3 is 5.97 Å². The van der Waals surface area contributed by atoms with E-state index in [-0.39, 0.29) is 12.8 Å². The highest BCUT2D eigenvalue weighted by molar-refractivity contribution is 7.99. The summed E-state index contributed by atoms with van der Waals surface area (Å²) in [5.41, 5.74) is 0. The lowest BCUT2D eigenvalue weighted by Gasteiger charge is -2.02. The average molecular weight is 240 g/mol. The lowest BCUT2D eigenvalue weighted by Crippen LogP contribution is -2.00. The molecule has 1 aromatic rings. The molecule has 0 atom stereocenters. The zero-order valence-electron chi connectivity index (χ0n) is 8.89. The Hall–Kier alpha value is -1.36. The summed E-state index contributed by atoms with van der Waals surface area (Å²) >= 11 is 1.59. The standard InChI is InChI=1S/C11H12O4S/c1-13-11(12)4-5-16-8-2-3-9-10(6-8)15-7-14-9/h2-3,6H,4-5,7H2,1H3. The molecule has 16 heavy (non-hydrogen) atoms. The molecule has 0 amide bonds. The number of rotatable bonds is 4. The Kier molecular flexibility index (Phi) is 3.56. The SMILES string of the molecule is COC(=O)CCSc1ccc2c(c1)OCO2. The first kappa shape index (κ1) is 11.1. The highest BCUT2D eigenvalue weighted by Gasteiger charge is 2.13. The third-order valence-electron chi connectivity index (χ3n) is 2.15. The second kappa shape index (κ2) is 5.12. The fraction of sp³-hybridized carbons (Fsp3) is 0.364. The van der Waals surface area contributed by atoms with Crippen molar-refractivity contribution >= 4 is 17.7 Å². The summed E-state index contributed by atoms with van der Waals surface area (Å²) in [6, 6.07) is 5.75. The van der Waals surface area contributed by atoms with Crippen LogP contribution in [-0.4, -0.2) is 25.6 Å². The molecule has 1 aromatic carbocycles. The Balaban J connectivity index is 1.88. The summed E-state index contributed by atoms with van der Waals surface area (Å²) in [6.07, 6.45) is 0.412. The van der Waals surface area contributed by atoms with E-state index in [0.717, 1.165) is 16.4 Å². The Morgan fingerprint density at radius 3 is 3.06 bits per heavy atom. The molecule has 0 spiro atoms. The van der Waals surface area contributed by atoms with Crippen molar-refractivity contribution in [3.63, 3.8) is 0 Å². The topological polar surface area (TPSA) is 44.8 Å². The number of hydrogen-bond donors (Lipinski definition) is 0. The number of ether oxygens (including phenoxy) is 3. The van der Waals surface area contributed by atoms with E-state index in [4.69, 9.17) is 9.47 Å². The molecule has 5 heteroatoms. The van der Waals surface area contributed by atoms with Gasteiger partial charge in [-0.05, 0) is 18.2 Å². The summed E-state index contributed by atoms with van der Waals surface area (Å²) in [7, 11) is 1.40. The first-order valence-electron chi connectivity index (χ1n) is 4.89. The Bertz CT molecular complexity index is 392. The van der Waals surface area contributed by atoms with Crippen molar-refractivity contribution in [2.75, 3.05) is 19.7 Å². The maximum atomic E-state index is 10.9. The summed E-state index contributed by atoms with van der Waals surface area (Å²) in [5, 5.41) is 0. The van der Waals surface area contributed by atoms with E-state index in [1.54, 1.807) is 11.8 Å². The van der Waals surface area contributed by atoms with E-state index in [2.05, 4.69) is 4.74 Å². The molecule has 86 valence electrons. The van der Waals surface area contributed by atoms with Gasteiger partial charge in [0.1, 0.15) is 0 Å². The highest BCUT2D eigenvalue weighted by Crippen LogP contribution is 2.35. The van der Waals surface area contributed by atoms with E-state index < -0.39 is 0 Å². The molecule has 0 bridgehead atoms. The third-order valence-corrected chi connectivity index (χ3v) is 3.14. The molecule has 2 rings (SSSR count). The molecule has 0 N–H and O–H groups in total. The van der Waals surface area contributed by atoms with Crippen LogP contribution in [0.1, 0.15) is 6.42 Å². The Labute approximate surface area is 97.9 Å². The van der Waals surface area contributed by atoms with Crippen LogP contribution in [0.3, 0.4) is 0 Å². The van der Waals surface area contributed by atoms with Crippen LogP contribution in [0.25, 0.3) is 0 Å². The molecular formula is C11H12O4S. The van der Waals surface area contributed by atoms with Crippen molar-refractivity contribution in [2.24, 2.45) is 0 Å². The Morgan fingerprint density at radius 1 is 1.44 bits per heavy atom. The summed E-state index contributed by atoms with van der Waals surface area (Å²) < 4.78 is 15.0. The van der Waals surface area contributed by atoms with E-state index in [0.29, 0.717) is 12.2 Å². The van der Waals surface area contributed by atoms with E-state index in [9.17, 15) is 4.79 Å². The molecule has 1 aliphatic heterocycles. The third kappa shape index (κ3) is 2.61. The van der Waals surface area contributed by atoms with E-state index in [1.807, 2.05) is 18.2 Å². The number of fused-ring (bicyclic) bond motifs is 1. The van der Waals surface area contributed by atoms with Gasteiger partial charge in [0.15, 0.2) is 11.5 Å². The predicted molar refractivity (Wildman–Crippen MR) is 59.9 cm³/mol. The zero-order valence-corrected chi connectivity index (χ0v) is 9.71. The van der Waals surface area contributed by atoms with Crippen LogP contribution >= 0.6 is 11.8 Å². The number of carbonyl (C=O) groups is 1. The van der Waals surface area contributed by atoms with Crippen molar-refractivity contribution < 1.29 is 19.0 Å². The number of benzene rings is 1. The van der Waals surface area contributed by atoms with Crippen LogP contribution in [0.2, 0.25) is 0 Å². The number of hydrogen-bond acceptors (Lipinski definition) is 5. The van der Waals surface area contributed by atoms with Gasteiger partial charge in [0, 0.05) is 10.6 Å². The highest BCUT2D eigenvalue weighted by atomic mass is 32.2. The molecule has 0 saturated carbocycles. The van der Waals surface area contributed by atoms with Gasteiger partial charge in [0.25, 0.3) is 0 Å². The number of thioether (sulfide) groups is 1. The zero-order chi connectivity index (χ0) is 11.4. The molecule has 0 unspecified atom stereocenters. The van der Waals surface area contributed by atoms with Crippen LogP contribution in [0, 0.1) is 0 Å². The number of carbonyl (C=O) groups excluding carboxylic acids is 1. The molecule has 1 heterocycles. The van der Waals surface area contributed by atoms with Crippen LogP contribution in [0.15, 0.2) is 23.1 Å². The van der Waals surface area contributed by atoms with Gasteiger partial charge in [-0.25, -0.2) is 0 Å². The minimum Gasteiger partial charge on any atom is -0.469 e. The minimum absolute atomic E-state index is 0.187. The molecule has 0 radical (unpaired) electrons. The first-order chi connectivity index (χ1) is 7.79. The molecule has 0 aromatic heterocycles. The summed E-state index contributed by atoms with van der Waals surface area (Å²) in [4.78, 5) is 12.0. The van der Waals surface area contributed by atoms with Gasteiger partial charge in [0.2, 0.25) is 6.79 Å². The molecule has 0 saturated heterocycles. The summed E-state index contributed by atoms with van der Waals surface area (Å²) in [6.45, 7) is 0.283. The van der Waals surface area contributed by atoms with Crippen LogP contribution in [0.5, 0.6) is 11.5 Å². The van der Waals surface area contributed by atoms with Gasteiger partial charge in [-0.3, -0.25) is 4.79 Å². The monoisotopic (exact) mass is 240 g/mol. The summed E-state index contributed by atoms with van der Waals surface area (Å²) in [5.74, 6) is 2.06. The fourth-order valence-electron chi connectivity index (χ4n) is 1.32. The van der Waals surface area contributed by atoms with Crippen molar-refractivity contribution in [3.8, 4) is 11.5 Å². The smallest absolute Gasteiger partial charge is 0.306 e. The molecule has 1 aliphatic rings. The molecule has 0 fully saturated rings. The van der Waals surface area contributed by atoms with E-state index >= 15 is 0 Å². The molecular weight excluding hydrogens is 228 g/mol. The second-order valence-corrected chi connectivity index (χ2v) is 4.36. The average Bonchev–Trinajstić information content (AvgIpc) is 2.76. The Morgan fingerprint density at radius 2 is 2.25 bits per heavy atom. The number of esters is 1. The maximum absolute atomic E-state index is 10.9. The lowest BCUT2D eigenvalue weighted by molar-refractivity contribution is -0.140. The maximum Gasteiger partial charge on any atom is 0.306 e. The van der Waals surface area contributed by atoms with Gasteiger partial charge < -0.3 is 14.2 Å². The minimum atomic E-state index is -0.187. The largest absolute Gasteiger partial charge is 0.469 e. The van der Waals surface area contributed by atoms with Crippen molar-refractivity contribution in [3.05, 3.63) is 18.2 Å². The van der Waals surface area contributed by atoms with Crippen molar-refractivity contribution in [1.29, 1.82) is 0 Å². The molecule has 0 aliphatic carbocycles. The van der Waals surface area contributed by atoms with Gasteiger partial charge in [-0.2, -0.15) is 0 Å². The van der Waals surface area contributed by atoms with Crippen molar-refractivity contribution in [1.82, 2.24) is 0 Å². The predicted octanol–water partition coefficient (Wildman–Crippen LogP) is 2.07. The first-order valence-corrected chi connectivity index (χ1v) is 5.87. The normalized spacial score (nSPS) is 12.6. The van der Waals surface area contributed by atoms with Gasteiger partial charge in [-0.15, -0.1) is 11.8 Å². The quantitative estimate of drug-likeness (QED) is 0.595. The van der Waals surface area contributed by atoms with Crippen LogP contribution in [-0.2, 0) is 9.53 Å². The van der Waals surface area contributed by atoms with Gasteiger partial charge in [0.05, 0.1) is 13.5 Å². The fourth-order valence-corrected chi connectivity index (χ4v) is 2.18. The van der Waals surface area contributed by atoms with Gasteiger partial charge in [-0.1, -0.05) is 0 Å². The number of methoxy groups -OCH3 is 1. The lowest BCUT2D eigenvalue weighted by atomic mass is 10.3. The van der Waals surface area contributed by atoms with Crippen LogP contribution in [0.4, 0.5) is 0 Å². The second-order valence-electron chi connectivity index (χ2n) is 3.19. The van der Waals surface area contributed by atoms with Crippen molar-refractivity contribution in [2.45, 2.75) is 11.3 Å².